The molecule has 0 atom stereocenters. The van der Waals surface area contributed by atoms with Gasteiger partial charge in [0.1, 0.15) is 0 Å². The van der Waals surface area contributed by atoms with Crippen molar-refractivity contribution >= 4 is 94.5 Å². The Hall–Kier alpha value is -7.30. The molecule has 1 aliphatic carbocycles. The lowest BCUT2D eigenvalue weighted by Crippen LogP contribution is -2.59. The van der Waals surface area contributed by atoms with Crippen LogP contribution in [0.2, 0.25) is 0 Å². The lowest BCUT2D eigenvalue weighted by molar-refractivity contribution is 0.590. The van der Waals surface area contributed by atoms with Crippen molar-refractivity contribution in [1.29, 1.82) is 0 Å². The second-order valence-electron chi connectivity index (χ2n) is 20.5. The number of nitrogens with zero attached hydrogens (tertiary/aromatic N) is 3. The van der Waals surface area contributed by atoms with Crippen molar-refractivity contribution < 1.29 is 0 Å². The number of aromatic nitrogens is 2. The minimum Gasteiger partial charge on any atom is -0.310 e. The number of benzene rings is 9. The Morgan fingerprint density at radius 2 is 0.969 bits per heavy atom. The van der Waals surface area contributed by atoms with Crippen LogP contribution in [-0.4, -0.2) is 15.8 Å². The highest BCUT2D eigenvalue weighted by atomic mass is 15.2. The van der Waals surface area contributed by atoms with E-state index in [9.17, 15) is 0 Å². The largest absolute Gasteiger partial charge is 0.310 e. The van der Waals surface area contributed by atoms with Gasteiger partial charge in [0.05, 0.1) is 22.2 Å². The van der Waals surface area contributed by atoms with Crippen molar-refractivity contribution in [3.05, 3.63) is 181 Å². The van der Waals surface area contributed by atoms with E-state index in [1.807, 2.05) is 0 Å². The number of anilines is 3. The van der Waals surface area contributed by atoms with Gasteiger partial charge in [-0.05, 0) is 120 Å². The van der Waals surface area contributed by atoms with Crippen molar-refractivity contribution in [2.45, 2.75) is 52.4 Å². The SMILES string of the molecule is CC(C)(C)c1ccc(N(c2ccc(C(C)(C)C)cc2)c2cc3c4c(c2)-n2c5ccc6cccc7c6c5c5c(ccc(c52)B4c2cccc4c5ccccc5n-3c24)-c2ccccc2-7)cc1. The Kier molecular flexibility index (Phi) is 6.93. The van der Waals surface area contributed by atoms with Gasteiger partial charge in [-0.25, -0.2) is 0 Å². The maximum atomic E-state index is 2.66. The third-order valence-corrected chi connectivity index (χ3v) is 14.9. The van der Waals surface area contributed by atoms with Crippen LogP contribution in [0, 0.1) is 0 Å². The summed E-state index contributed by atoms with van der Waals surface area (Å²) < 4.78 is 5.25. The summed E-state index contributed by atoms with van der Waals surface area (Å²) in [5.74, 6) is 0. The van der Waals surface area contributed by atoms with Gasteiger partial charge in [-0.3, -0.25) is 0 Å². The van der Waals surface area contributed by atoms with Crippen LogP contribution in [0.4, 0.5) is 17.1 Å². The molecular formula is C60H46BN3. The van der Waals surface area contributed by atoms with Crippen LogP contribution in [0.15, 0.2) is 170 Å². The van der Waals surface area contributed by atoms with Gasteiger partial charge in [-0.15, -0.1) is 0 Å². The Bertz CT molecular complexity index is 3790. The van der Waals surface area contributed by atoms with E-state index < -0.39 is 0 Å². The molecule has 0 spiro atoms. The molecule has 0 bridgehead atoms. The van der Waals surface area contributed by atoms with Crippen LogP contribution >= 0.6 is 0 Å². The highest BCUT2D eigenvalue weighted by molar-refractivity contribution is 7.00. The number of rotatable bonds is 3. The zero-order valence-corrected chi connectivity index (χ0v) is 37.1. The van der Waals surface area contributed by atoms with E-state index >= 15 is 0 Å². The lowest BCUT2D eigenvalue weighted by atomic mass is 9.34. The molecule has 0 saturated carbocycles. The average molecular weight is 820 g/mol. The lowest BCUT2D eigenvalue weighted by Gasteiger charge is -2.36. The van der Waals surface area contributed by atoms with Crippen molar-refractivity contribution in [1.82, 2.24) is 9.13 Å². The van der Waals surface area contributed by atoms with Gasteiger partial charge in [0, 0.05) is 49.8 Å². The van der Waals surface area contributed by atoms with E-state index in [0.717, 1.165) is 17.1 Å². The third-order valence-electron chi connectivity index (χ3n) is 14.9. The molecule has 0 amide bonds. The summed E-state index contributed by atoms with van der Waals surface area (Å²) in [5.41, 5.74) is 23.1. The van der Waals surface area contributed by atoms with E-state index in [2.05, 4.69) is 225 Å². The van der Waals surface area contributed by atoms with Crippen molar-refractivity contribution in [3.63, 3.8) is 0 Å². The highest BCUT2D eigenvalue weighted by Crippen LogP contribution is 2.51. The Morgan fingerprint density at radius 1 is 0.406 bits per heavy atom. The fourth-order valence-electron chi connectivity index (χ4n) is 12.0. The van der Waals surface area contributed by atoms with Crippen LogP contribution in [-0.2, 0) is 10.8 Å². The summed E-state index contributed by atoms with van der Waals surface area (Å²) >= 11 is 0. The molecule has 4 heteroatoms. The first-order chi connectivity index (χ1) is 31.0. The summed E-state index contributed by atoms with van der Waals surface area (Å²) in [4.78, 5) is 2.50. The van der Waals surface area contributed by atoms with E-state index in [0.29, 0.717) is 0 Å². The smallest absolute Gasteiger partial charge is 0.252 e. The quantitative estimate of drug-likeness (QED) is 0.162. The second kappa shape index (κ2) is 12.2. The summed E-state index contributed by atoms with van der Waals surface area (Å²) in [6, 6.07) is 65.3. The molecule has 2 aliphatic heterocycles. The zero-order chi connectivity index (χ0) is 43.0. The summed E-state index contributed by atoms with van der Waals surface area (Å²) in [5, 5.41) is 7.93. The zero-order valence-electron chi connectivity index (χ0n) is 37.1. The molecule has 4 heterocycles. The van der Waals surface area contributed by atoms with E-state index in [1.165, 1.54) is 116 Å². The minimum atomic E-state index is 0.0389. The molecule has 0 fully saturated rings. The van der Waals surface area contributed by atoms with Gasteiger partial charge in [0.25, 0.3) is 6.71 Å². The van der Waals surface area contributed by atoms with Crippen LogP contribution in [0.3, 0.4) is 0 Å². The first-order valence-corrected chi connectivity index (χ1v) is 22.9. The number of hydrogen-bond acceptors (Lipinski definition) is 1. The number of para-hydroxylation sites is 2. The Balaban J connectivity index is 1.16. The minimum absolute atomic E-state index is 0.0389. The summed E-state index contributed by atoms with van der Waals surface area (Å²) in [7, 11) is 0. The predicted molar refractivity (Wildman–Crippen MR) is 274 cm³/mol. The molecule has 3 nitrogen and oxygen atoms in total. The van der Waals surface area contributed by atoms with Gasteiger partial charge >= 0.3 is 0 Å². The number of hydrogen-bond donors (Lipinski definition) is 0. The number of fused-ring (bicyclic) bond motifs is 11. The van der Waals surface area contributed by atoms with Crippen LogP contribution in [0.5, 0.6) is 0 Å². The fourth-order valence-corrected chi connectivity index (χ4v) is 12.0. The monoisotopic (exact) mass is 819 g/mol. The maximum Gasteiger partial charge on any atom is 0.252 e. The topological polar surface area (TPSA) is 13.1 Å². The van der Waals surface area contributed by atoms with Crippen LogP contribution < -0.4 is 21.3 Å². The van der Waals surface area contributed by atoms with Crippen molar-refractivity contribution in [2.24, 2.45) is 0 Å². The first kappa shape index (κ1) is 36.2. The molecular weight excluding hydrogens is 773 g/mol. The van der Waals surface area contributed by atoms with Crippen molar-refractivity contribution in [3.8, 4) is 33.6 Å². The Morgan fingerprint density at radius 3 is 1.64 bits per heavy atom. The van der Waals surface area contributed by atoms with Gasteiger partial charge in [0.15, 0.2) is 0 Å². The standard InChI is InChI=1S/C60H46BN3/c1-59(2,3)36-22-26-38(27-23-36)62(39-28-24-37(25-29-39)60(4,5)6)40-33-51-56-52(34-40)64-50-32-21-35-13-11-17-44-41-14-7-8-15-42(41)45-30-31-48(58(64)54(45)55(50)53(35)44)61(56)47-19-12-18-46-43-16-9-10-20-49(43)63(51)57(46)47/h7-34H,1-6H3. The average Bonchev–Trinajstić information content (AvgIpc) is 3.80. The van der Waals surface area contributed by atoms with Gasteiger partial charge in [-0.2, -0.15) is 0 Å². The molecule has 0 N–H and O–H groups in total. The molecule has 9 aromatic carbocycles. The third kappa shape index (κ3) is 4.62. The molecule has 14 rings (SSSR count). The molecule has 0 radical (unpaired) electrons. The first-order valence-electron chi connectivity index (χ1n) is 22.9. The van der Waals surface area contributed by atoms with E-state index in [1.54, 1.807) is 0 Å². The summed E-state index contributed by atoms with van der Waals surface area (Å²) in [6.45, 7) is 13.8. The van der Waals surface area contributed by atoms with Crippen LogP contribution in [0.1, 0.15) is 52.7 Å². The highest BCUT2D eigenvalue weighted by Gasteiger charge is 2.42. The fraction of sp³-hybridized carbons (Fsp3) is 0.133. The Labute approximate surface area is 373 Å². The van der Waals surface area contributed by atoms with Gasteiger partial charge in [0.2, 0.25) is 0 Å². The van der Waals surface area contributed by atoms with E-state index in [-0.39, 0.29) is 17.5 Å². The maximum absolute atomic E-state index is 2.66. The molecule has 0 saturated heterocycles. The van der Waals surface area contributed by atoms with Gasteiger partial charge < -0.3 is 14.0 Å². The van der Waals surface area contributed by atoms with Crippen LogP contribution in [0.25, 0.3) is 88.0 Å². The molecule has 2 aromatic heterocycles. The van der Waals surface area contributed by atoms with E-state index in [4.69, 9.17) is 0 Å². The molecule has 3 aliphatic rings. The van der Waals surface area contributed by atoms with Crippen molar-refractivity contribution in [2.75, 3.05) is 4.90 Å². The molecule has 11 aromatic rings. The normalized spacial score (nSPS) is 13.4. The second-order valence-corrected chi connectivity index (χ2v) is 20.5. The predicted octanol–water partition coefficient (Wildman–Crippen LogP) is 13.9. The van der Waals surface area contributed by atoms with Gasteiger partial charge in [-0.1, -0.05) is 163 Å². The molecule has 0 unspecified atom stereocenters. The summed E-state index contributed by atoms with van der Waals surface area (Å²) in [6.07, 6.45) is 0. The molecule has 304 valence electrons. The molecule has 64 heavy (non-hydrogen) atoms.